The average Bonchev–Trinajstić information content (AvgIpc) is 1.91. The normalized spacial score (nSPS) is 45.1. The maximum absolute atomic E-state index is 11.0. The van der Waals surface area contributed by atoms with E-state index in [0.29, 0.717) is 0 Å². The van der Waals surface area contributed by atoms with E-state index in [9.17, 15) is 9.59 Å². The fourth-order valence-electron chi connectivity index (χ4n) is 0.772. The number of ketones is 2. The maximum Gasteiger partial charge on any atom is 0.232 e. The van der Waals surface area contributed by atoms with Crippen LogP contribution in [0.3, 0.4) is 0 Å². The van der Waals surface area contributed by atoms with Crippen molar-refractivity contribution in [2.24, 2.45) is 0 Å². The fourth-order valence-corrected chi connectivity index (χ4v) is 3.31. The van der Waals surface area contributed by atoms with Crippen molar-refractivity contribution in [2.45, 2.75) is 14.0 Å². The number of alkyl halides is 4. The van der Waals surface area contributed by atoms with Gasteiger partial charge >= 0.3 is 0 Å². The van der Waals surface area contributed by atoms with Crippen LogP contribution in [0.2, 0.25) is 0 Å². The second-order valence-electron chi connectivity index (χ2n) is 2.24. The molecule has 0 aromatic rings. The lowest BCUT2D eigenvalue weighted by Crippen LogP contribution is -2.24. The van der Waals surface area contributed by atoms with Crippen molar-refractivity contribution >= 4 is 66.6 Å². The third-order valence-corrected chi connectivity index (χ3v) is 3.21. The Kier molecular flexibility index (Phi) is 2.43. The number of carbonyl (C=O) groups excluding carboxylic acids is 2. The molecule has 0 radical (unpaired) electrons. The van der Waals surface area contributed by atoms with Gasteiger partial charge in [0, 0.05) is 6.42 Å². The molecule has 2 atom stereocenters. The topological polar surface area (TPSA) is 34.1 Å². The number of Topliss-reactive ketones (excluding diaryl/α,β-unsaturated/α-hetero) is 2. The van der Waals surface area contributed by atoms with Crippen molar-refractivity contribution < 1.29 is 9.59 Å². The zero-order chi connectivity index (χ0) is 8.86. The van der Waals surface area contributed by atoms with Gasteiger partial charge in [-0.15, -0.1) is 0 Å². The molecule has 6 heteroatoms. The van der Waals surface area contributed by atoms with Gasteiger partial charge in [0.1, 0.15) is 0 Å². The molecule has 62 valence electrons. The average molecular weight is 325 g/mol. The number of halogens is 4. The van der Waals surface area contributed by atoms with Crippen LogP contribution >= 0.6 is 55.1 Å². The highest BCUT2D eigenvalue weighted by molar-refractivity contribution is 9.11. The van der Waals surface area contributed by atoms with Crippen LogP contribution in [-0.2, 0) is 9.59 Å². The van der Waals surface area contributed by atoms with Crippen molar-refractivity contribution in [3.63, 3.8) is 0 Å². The molecule has 0 aromatic carbocycles. The summed E-state index contributed by atoms with van der Waals surface area (Å²) in [6.45, 7) is 0. The molecular weight excluding hydrogens is 323 g/mol. The summed E-state index contributed by atoms with van der Waals surface area (Å²) < 4.78 is -2.65. The Hall–Kier alpha value is 0.880. The molecule has 0 aliphatic heterocycles. The zero-order valence-corrected chi connectivity index (χ0v) is 9.72. The minimum atomic E-state index is -1.32. The van der Waals surface area contributed by atoms with Gasteiger partial charge in [-0.25, -0.2) is 0 Å². The highest BCUT2D eigenvalue weighted by Gasteiger charge is 2.57. The monoisotopic (exact) mass is 322 g/mol. The van der Waals surface area contributed by atoms with Crippen LogP contribution < -0.4 is 0 Å². The van der Waals surface area contributed by atoms with Gasteiger partial charge in [-0.2, -0.15) is 0 Å². The molecule has 2 unspecified atom stereocenters. The third kappa shape index (κ3) is 1.64. The van der Waals surface area contributed by atoms with E-state index in [1.54, 1.807) is 0 Å². The van der Waals surface area contributed by atoms with Gasteiger partial charge in [-0.05, 0) is 0 Å². The molecule has 0 heterocycles. The Morgan fingerprint density at radius 2 is 1.36 bits per heavy atom. The molecule has 11 heavy (non-hydrogen) atoms. The lowest BCUT2D eigenvalue weighted by molar-refractivity contribution is -0.134. The van der Waals surface area contributed by atoms with Gasteiger partial charge < -0.3 is 0 Å². The first-order chi connectivity index (χ1) is 4.77. The van der Waals surface area contributed by atoms with Gasteiger partial charge in [0.15, 0.2) is 7.57 Å². The van der Waals surface area contributed by atoms with Crippen LogP contribution in [0.5, 0.6) is 0 Å². The van der Waals surface area contributed by atoms with Crippen molar-refractivity contribution in [3.8, 4) is 0 Å². The van der Waals surface area contributed by atoms with Crippen LogP contribution in [0.25, 0.3) is 0 Å². The predicted molar refractivity (Wildman–Crippen MR) is 49.7 cm³/mol. The molecule has 0 spiro atoms. The van der Waals surface area contributed by atoms with Crippen molar-refractivity contribution in [2.75, 3.05) is 0 Å². The molecular formula is C5H2Br2Cl2O2. The highest BCUT2D eigenvalue weighted by Crippen LogP contribution is 2.48. The molecule has 1 rings (SSSR count). The van der Waals surface area contributed by atoms with Gasteiger partial charge in [0.05, 0.1) is 0 Å². The van der Waals surface area contributed by atoms with Gasteiger partial charge in [-0.3, -0.25) is 9.59 Å². The highest BCUT2D eigenvalue weighted by atomic mass is 79.9. The van der Waals surface area contributed by atoms with E-state index < -0.39 is 19.1 Å². The lowest BCUT2D eigenvalue weighted by Gasteiger charge is -2.09. The minimum absolute atomic E-state index is 0.0424. The van der Waals surface area contributed by atoms with E-state index in [1.807, 2.05) is 0 Å². The summed E-state index contributed by atoms with van der Waals surface area (Å²) in [6.07, 6.45) is 0.0424. The van der Waals surface area contributed by atoms with Crippen LogP contribution in [-0.4, -0.2) is 19.1 Å². The number of hydrogen-bond donors (Lipinski definition) is 0. The van der Waals surface area contributed by atoms with Gasteiger partial charge in [0.25, 0.3) is 0 Å². The summed E-state index contributed by atoms with van der Waals surface area (Å²) >= 11 is 17.1. The summed E-state index contributed by atoms with van der Waals surface area (Å²) in [4.78, 5) is 22.0. The molecule has 1 saturated carbocycles. The van der Waals surface area contributed by atoms with Crippen LogP contribution in [0.15, 0.2) is 0 Å². The summed E-state index contributed by atoms with van der Waals surface area (Å²) in [6, 6.07) is 0. The molecule has 0 bridgehead atoms. The van der Waals surface area contributed by atoms with E-state index in [-0.39, 0.29) is 6.42 Å². The molecule has 1 aliphatic rings. The molecule has 1 fully saturated rings. The molecule has 0 N–H and O–H groups in total. The SMILES string of the molecule is O=C1C(=O)C(Cl)(Br)CC1(Cl)Br. The molecule has 0 saturated heterocycles. The van der Waals surface area contributed by atoms with E-state index >= 15 is 0 Å². The first-order valence-electron chi connectivity index (χ1n) is 2.62. The van der Waals surface area contributed by atoms with Crippen LogP contribution in [0, 0.1) is 0 Å². The predicted octanol–water partition coefficient (Wildman–Crippen LogP) is 2.19. The number of carbonyl (C=O) groups is 2. The Bertz CT molecular complexity index is 213. The standard InChI is InChI=1S/C5H2Br2Cl2O2/c6-4(8)1-5(7,9)3(11)2(4)10/h1H2. The van der Waals surface area contributed by atoms with Crippen LogP contribution in [0.1, 0.15) is 6.42 Å². The van der Waals surface area contributed by atoms with Crippen molar-refractivity contribution in [3.05, 3.63) is 0 Å². The molecule has 0 amide bonds. The number of hydrogen-bond acceptors (Lipinski definition) is 2. The van der Waals surface area contributed by atoms with E-state index in [2.05, 4.69) is 31.9 Å². The minimum Gasteiger partial charge on any atom is -0.288 e. The van der Waals surface area contributed by atoms with Gasteiger partial charge in [0.2, 0.25) is 11.6 Å². The summed E-state index contributed by atoms with van der Waals surface area (Å²) in [5.41, 5.74) is 0. The Morgan fingerprint density at radius 1 is 1.09 bits per heavy atom. The van der Waals surface area contributed by atoms with Crippen molar-refractivity contribution in [1.29, 1.82) is 0 Å². The molecule has 0 aromatic heterocycles. The van der Waals surface area contributed by atoms with Crippen LogP contribution in [0.4, 0.5) is 0 Å². The second kappa shape index (κ2) is 2.69. The van der Waals surface area contributed by atoms with E-state index in [0.717, 1.165) is 0 Å². The Morgan fingerprint density at radius 3 is 1.45 bits per heavy atom. The second-order valence-corrected chi connectivity index (χ2v) is 7.15. The first kappa shape index (κ1) is 9.96. The summed E-state index contributed by atoms with van der Waals surface area (Å²) in [5, 5.41) is 0. The third-order valence-electron chi connectivity index (χ3n) is 1.31. The lowest BCUT2D eigenvalue weighted by atomic mass is 10.3. The smallest absolute Gasteiger partial charge is 0.232 e. The quantitative estimate of drug-likeness (QED) is 0.505. The fraction of sp³-hybridized carbons (Fsp3) is 0.600. The van der Waals surface area contributed by atoms with E-state index in [4.69, 9.17) is 23.2 Å². The van der Waals surface area contributed by atoms with E-state index in [1.165, 1.54) is 0 Å². The van der Waals surface area contributed by atoms with Gasteiger partial charge in [-0.1, -0.05) is 55.1 Å². The summed E-state index contributed by atoms with van der Waals surface area (Å²) in [5.74, 6) is -1.41. The maximum atomic E-state index is 11.0. The zero-order valence-electron chi connectivity index (χ0n) is 5.04. The Labute approximate surface area is 89.9 Å². The van der Waals surface area contributed by atoms with Crippen molar-refractivity contribution in [1.82, 2.24) is 0 Å². The largest absolute Gasteiger partial charge is 0.288 e. The molecule has 2 nitrogen and oxygen atoms in total. The number of rotatable bonds is 0. The Balaban J connectivity index is 3.06. The summed E-state index contributed by atoms with van der Waals surface area (Å²) in [7, 11) is 0. The first-order valence-corrected chi connectivity index (χ1v) is 4.96. The molecule has 1 aliphatic carbocycles.